The van der Waals surface area contributed by atoms with Crippen molar-refractivity contribution >= 4 is 29.2 Å². The van der Waals surface area contributed by atoms with Crippen molar-refractivity contribution in [1.82, 2.24) is 9.80 Å². The van der Waals surface area contributed by atoms with Gasteiger partial charge in [0, 0.05) is 35.9 Å². The Morgan fingerprint density at radius 1 is 1.00 bits per heavy atom. The summed E-state index contributed by atoms with van der Waals surface area (Å²) in [5.74, 6) is 1.07. The normalized spacial score (nSPS) is 17.5. The van der Waals surface area contributed by atoms with Crippen molar-refractivity contribution < 1.29 is 14.0 Å². The molecule has 2 aliphatic heterocycles. The van der Waals surface area contributed by atoms with E-state index in [1.807, 2.05) is 65.6 Å². The fraction of sp³-hybridized carbons (Fsp3) is 0.259. The number of hydrogen-bond donors (Lipinski definition) is 1. The second-order valence-corrected chi connectivity index (χ2v) is 8.79. The monoisotopic (exact) mass is 441 g/mol. The molecule has 6 heteroatoms. The predicted molar refractivity (Wildman–Crippen MR) is 130 cm³/mol. The number of nitrogens with zero attached hydrogens (tertiary/aromatic N) is 2. The van der Waals surface area contributed by atoms with E-state index < -0.39 is 0 Å². The first-order chi connectivity index (χ1) is 16.0. The Bertz CT molecular complexity index is 1230. The molecule has 5 rings (SSSR count). The van der Waals surface area contributed by atoms with Gasteiger partial charge >= 0.3 is 0 Å². The zero-order chi connectivity index (χ0) is 22.9. The van der Waals surface area contributed by atoms with Gasteiger partial charge in [-0.3, -0.25) is 9.59 Å². The molecule has 2 aromatic carbocycles. The van der Waals surface area contributed by atoms with Crippen LogP contribution >= 0.6 is 0 Å². The summed E-state index contributed by atoms with van der Waals surface area (Å²) >= 11 is 0. The number of hydrogen-bond acceptors (Lipinski definition) is 4. The van der Waals surface area contributed by atoms with Crippen LogP contribution in [-0.2, 0) is 4.79 Å². The highest BCUT2D eigenvalue weighted by Gasteiger charge is 2.27. The van der Waals surface area contributed by atoms with Crippen molar-refractivity contribution in [1.29, 1.82) is 0 Å². The number of piperidine rings is 1. The molecule has 0 radical (unpaired) electrons. The summed E-state index contributed by atoms with van der Waals surface area (Å²) in [6, 6.07) is 19.4. The molecule has 1 N–H and O–H groups in total. The lowest BCUT2D eigenvalue weighted by Gasteiger charge is -2.35. The maximum Gasteiger partial charge on any atom is 0.256 e. The third-order valence-corrected chi connectivity index (χ3v) is 6.53. The van der Waals surface area contributed by atoms with E-state index in [0.29, 0.717) is 28.7 Å². The lowest BCUT2D eigenvalue weighted by Crippen LogP contribution is -2.44. The Morgan fingerprint density at radius 2 is 1.70 bits per heavy atom. The van der Waals surface area contributed by atoms with Gasteiger partial charge in [-0.05, 0) is 57.3 Å². The molecule has 0 bridgehead atoms. The van der Waals surface area contributed by atoms with E-state index in [1.54, 1.807) is 6.08 Å². The molecule has 0 saturated carbocycles. The van der Waals surface area contributed by atoms with Gasteiger partial charge in [-0.1, -0.05) is 36.4 Å². The molecule has 1 fully saturated rings. The molecule has 2 aliphatic rings. The smallest absolute Gasteiger partial charge is 0.256 e. The zero-order valence-corrected chi connectivity index (χ0v) is 18.9. The average Bonchev–Trinajstić information content (AvgIpc) is 3.43. The second-order valence-electron chi connectivity index (χ2n) is 8.79. The number of nitrogens with one attached hydrogen (secondary N) is 1. The van der Waals surface area contributed by atoms with Crippen molar-refractivity contribution in [3.05, 3.63) is 77.6 Å². The summed E-state index contributed by atoms with van der Waals surface area (Å²) in [6.45, 7) is 1.50. The maximum atomic E-state index is 13.3. The largest absolute Gasteiger partial charge is 0.457 e. The molecular weight excluding hydrogens is 414 g/mol. The molecule has 0 spiro atoms. The summed E-state index contributed by atoms with van der Waals surface area (Å²) < 4.78 is 6.09. The van der Waals surface area contributed by atoms with Crippen molar-refractivity contribution in [3.8, 4) is 11.3 Å². The van der Waals surface area contributed by atoms with Crippen molar-refractivity contribution in [3.63, 3.8) is 0 Å². The van der Waals surface area contributed by atoms with E-state index in [-0.39, 0.29) is 11.8 Å². The van der Waals surface area contributed by atoms with Crippen molar-refractivity contribution in [2.24, 2.45) is 0 Å². The van der Waals surface area contributed by atoms with Gasteiger partial charge in [0.2, 0.25) is 0 Å². The highest BCUT2D eigenvalue weighted by molar-refractivity contribution is 6.34. The number of para-hydroxylation sites is 1. The fourth-order valence-electron chi connectivity index (χ4n) is 4.64. The van der Waals surface area contributed by atoms with E-state index in [0.717, 1.165) is 42.7 Å². The number of likely N-dealkylation sites (tertiary alicyclic amines) is 1. The highest BCUT2D eigenvalue weighted by atomic mass is 16.3. The highest BCUT2D eigenvalue weighted by Crippen LogP contribution is 2.34. The predicted octanol–water partition coefficient (Wildman–Crippen LogP) is 4.61. The molecule has 1 aromatic heterocycles. The molecule has 0 aliphatic carbocycles. The quantitative estimate of drug-likeness (QED) is 0.601. The molecule has 33 heavy (non-hydrogen) atoms. The molecule has 1 saturated heterocycles. The summed E-state index contributed by atoms with van der Waals surface area (Å²) in [4.78, 5) is 29.9. The lowest BCUT2D eigenvalue weighted by molar-refractivity contribution is -0.110. The maximum absolute atomic E-state index is 13.3. The van der Waals surface area contributed by atoms with Crippen LogP contribution in [0.5, 0.6) is 0 Å². The van der Waals surface area contributed by atoms with Crippen LogP contribution in [0.25, 0.3) is 23.0 Å². The van der Waals surface area contributed by atoms with Gasteiger partial charge < -0.3 is 19.5 Å². The number of fused-ring (bicyclic) bond motifs is 1. The first-order valence-corrected chi connectivity index (χ1v) is 11.3. The summed E-state index contributed by atoms with van der Waals surface area (Å²) in [7, 11) is 4.18. The van der Waals surface area contributed by atoms with Crippen LogP contribution < -0.4 is 5.32 Å². The first kappa shape index (κ1) is 21.2. The van der Waals surface area contributed by atoms with E-state index in [1.165, 1.54) is 0 Å². The second kappa shape index (κ2) is 8.71. The SMILES string of the molecule is CN(C)C1CCN(C(=O)c2ccccc2-c2ccc(/C=C3/C(=O)Nc4ccccc43)o2)CC1. The third kappa shape index (κ3) is 4.10. The molecule has 0 atom stereocenters. The number of anilines is 1. The minimum absolute atomic E-state index is 0.0307. The number of carbonyl (C=O) groups is 2. The summed E-state index contributed by atoms with van der Waals surface area (Å²) in [6.07, 6.45) is 3.70. The first-order valence-electron chi connectivity index (χ1n) is 11.3. The van der Waals surface area contributed by atoms with Gasteiger partial charge in [0.15, 0.2) is 0 Å². The Balaban J connectivity index is 1.40. The van der Waals surface area contributed by atoms with Gasteiger partial charge in [-0.2, -0.15) is 0 Å². The number of carbonyl (C=O) groups excluding carboxylic acids is 2. The van der Waals surface area contributed by atoms with Gasteiger partial charge in [-0.25, -0.2) is 0 Å². The average molecular weight is 442 g/mol. The van der Waals surface area contributed by atoms with Crippen LogP contribution in [0.15, 0.2) is 65.1 Å². The van der Waals surface area contributed by atoms with E-state index in [4.69, 9.17) is 4.42 Å². The van der Waals surface area contributed by atoms with Crippen LogP contribution in [0.1, 0.15) is 34.5 Å². The molecule has 2 amide bonds. The molecule has 168 valence electrons. The number of amides is 2. The summed E-state index contributed by atoms with van der Waals surface area (Å²) in [5, 5.41) is 2.87. The Hall–Kier alpha value is -3.64. The number of rotatable bonds is 4. The minimum atomic E-state index is -0.147. The van der Waals surface area contributed by atoms with E-state index in [9.17, 15) is 9.59 Å². The van der Waals surface area contributed by atoms with Crippen molar-refractivity contribution in [2.75, 3.05) is 32.5 Å². The Kier molecular flexibility index (Phi) is 5.60. The molecule has 3 aromatic rings. The van der Waals surface area contributed by atoms with Gasteiger partial charge in [0.05, 0.1) is 11.1 Å². The Labute approximate surface area is 193 Å². The van der Waals surface area contributed by atoms with Gasteiger partial charge in [0.25, 0.3) is 11.8 Å². The van der Waals surface area contributed by atoms with Gasteiger partial charge in [-0.15, -0.1) is 0 Å². The number of benzene rings is 2. The van der Waals surface area contributed by atoms with Crippen LogP contribution in [0.3, 0.4) is 0 Å². The topological polar surface area (TPSA) is 65.8 Å². The molecule has 3 heterocycles. The van der Waals surface area contributed by atoms with E-state index >= 15 is 0 Å². The van der Waals surface area contributed by atoms with Crippen LogP contribution in [0.4, 0.5) is 5.69 Å². The molecule has 6 nitrogen and oxygen atoms in total. The molecule has 0 unspecified atom stereocenters. The molecular formula is C27H27N3O3. The zero-order valence-electron chi connectivity index (χ0n) is 18.9. The lowest BCUT2D eigenvalue weighted by atomic mass is 10.0. The Morgan fingerprint density at radius 3 is 2.45 bits per heavy atom. The van der Waals surface area contributed by atoms with Gasteiger partial charge in [0.1, 0.15) is 11.5 Å². The van der Waals surface area contributed by atoms with Crippen LogP contribution in [-0.4, -0.2) is 54.8 Å². The standard InChI is InChI=1S/C27H27N3O3/c1-29(2)18-13-15-30(16-14-18)27(32)22-9-4-3-8-21(22)25-12-11-19(33-25)17-23-20-7-5-6-10-24(20)28-26(23)31/h3-12,17-18H,13-16H2,1-2H3,(H,28,31)/b23-17+. The number of furan rings is 1. The fourth-order valence-corrected chi connectivity index (χ4v) is 4.64. The van der Waals surface area contributed by atoms with E-state index in [2.05, 4.69) is 24.3 Å². The third-order valence-electron chi connectivity index (χ3n) is 6.53. The summed E-state index contributed by atoms with van der Waals surface area (Å²) in [5.41, 5.74) is 3.63. The van der Waals surface area contributed by atoms with Crippen molar-refractivity contribution in [2.45, 2.75) is 18.9 Å². The van der Waals surface area contributed by atoms with Crippen LogP contribution in [0.2, 0.25) is 0 Å². The minimum Gasteiger partial charge on any atom is -0.457 e. The van der Waals surface area contributed by atoms with Crippen LogP contribution in [0, 0.1) is 0 Å².